The molecule has 0 fully saturated rings. The van der Waals surface area contributed by atoms with E-state index in [0.29, 0.717) is 65.2 Å². The number of hydrogen-bond acceptors (Lipinski definition) is 18. The number of cyclic esters (lactones) is 2. The first kappa shape index (κ1) is 69.9. The zero-order valence-electron chi connectivity index (χ0n) is 59.0. The topological polar surface area (TPSA) is 331 Å². The molecule has 0 spiro atoms. The fourth-order valence-electron chi connectivity index (χ4n) is 15.5. The van der Waals surface area contributed by atoms with Crippen LogP contribution in [-0.2, 0) is 4.74 Å². The first-order valence-electron chi connectivity index (χ1n) is 35.1. The number of benzene rings is 8. The van der Waals surface area contributed by atoms with Crippen LogP contribution in [0.15, 0.2) is 97.1 Å². The van der Waals surface area contributed by atoms with E-state index in [0.717, 1.165) is 44.9 Å². The van der Waals surface area contributed by atoms with Gasteiger partial charge in [-0.3, -0.25) is 86.7 Å². The van der Waals surface area contributed by atoms with Crippen molar-refractivity contribution in [2.24, 2.45) is 17.7 Å². The molecule has 25 nitrogen and oxygen atoms in total. The number of hydrazine groups is 2. The Morgan fingerprint density at radius 1 is 0.267 bits per heavy atom. The number of unbranched alkanes of at least 4 members (excludes halogenated alkanes) is 4. The van der Waals surface area contributed by atoms with Gasteiger partial charge in [-0.15, -0.1) is 0 Å². The monoisotopic (exact) mass is 1410 g/mol. The molecule has 14 amide bonds. The van der Waals surface area contributed by atoms with E-state index in [2.05, 4.69) is 13.8 Å². The number of rotatable bonds is 15. The third kappa shape index (κ3) is 10.2. The lowest BCUT2D eigenvalue weighted by Gasteiger charge is -2.39. The van der Waals surface area contributed by atoms with E-state index in [9.17, 15) is 76.7 Å². The molecule has 16 rings (SSSR count). The molecule has 8 aliphatic heterocycles. The maximum absolute atomic E-state index is 14.3. The van der Waals surface area contributed by atoms with Crippen LogP contribution in [0.2, 0.25) is 0 Å². The minimum absolute atomic E-state index is 0.0321. The van der Waals surface area contributed by atoms with Gasteiger partial charge in [0.1, 0.15) is 0 Å². The van der Waals surface area contributed by atoms with E-state index >= 15 is 0 Å². The lowest BCUT2D eigenvalue weighted by atomic mass is 9.84. The lowest BCUT2D eigenvalue weighted by molar-refractivity contribution is 0.00211. The van der Waals surface area contributed by atoms with E-state index < -0.39 is 88.9 Å². The standard InChI is InChI=1S/C40H34N4O8.C21H21N3O4.C19H15NO5/c1-6-7-8-9-19(4)41-33(45)21-10-14-25-31-26(15-11-22(29(21)31)34(41)46)38(50)43(37(25)49)44-39(51)27-16-12-23-30-24(13-17-28(32(27)30)40(44)52)36(48)42(35(23)47)20(5)18(2)3;1-3-4-5-6-11(2)23-18(25)12-7-9-14-17-15(21(28)24(22)20(14)27)10-8-13(16(12)17)19(23)26;1-8(2)9(3)20-16(21)10-4-6-12-15-13(19(24)25-18(12)23)7-5-11(14(10)15)17(20)22/h10-20H,6-9H2,1-5H3;7-11H,3-6,22H2,1-2H3;4-9H,1-3H3. The quantitative estimate of drug-likeness (QED) is 0.0249. The Morgan fingerprint density at radius 2 is 0.457 bits per heavy atom. The molecular weight excluding hydrogens is 1340 g/mol. The third-order valence-electron chi connectivity index (χ3n) is 21.7. The van der Waals surface area contributed by atoms with Crippen LogP contribution in [0.3, 0.4) is 0 Å². The number of amides is 14. The van der Waals surface area contributed by atoms with E-state index in [-0.39, 0.29) is 130 Å². The molecule has 0 aromatic heterocycles. The van der Waals surface area contributed by atoms with Gasteiger partial charge in [-0.2, -0.15) is 10.0 Å². The molecule has 2 N–H and O–H groups in total. The summed E-state index contributed by atoms with van der Waals surface area (Å²) in [5, 5.41) is 3.50. The van der Waals surface area contributed by atoms with Crippen LogP contribution in [0.1, 0.15) is 286 Å². The number of carbonyl (C=O) groups is 16. The van der Waals surface area contributed by atoms with Crippen molar-refractivity contribution in [1.82, 2.24) is 34.6 Å². The zero-order valence-corrected chi connectivity index (χ0v) is 59.0. The first-order valence-corrected chi connectivity index (χ1v) is 35.1. The Kier molecular flexibility index (Phi) is 17.1. The van der Waals surface area contributed by atoms with Gasteiger partial charge in [-0.1, -0.05) is 80.1 Å². The summed E-state index contributed by atoms with van der Waals surface area (Å²) in [5.41, 5.74) is 2.58. The summed E-state index contributed by atoms with van der Waals surface area (Å²) in [6.07, 6.45) is 7.19. The Bertz CT molecular complexity index is 5210. The molecule has 8 aromatic carbocycles. The SMILES string of the molecule is CC(C)C(C)N1C(=O)c2ccc3c4c(ccc(c24)C1=O)C(=O)OC3=O.CCCCCC(C)N1C(=O)c2ccc3c4c(ccc(c24)C1=O)C(=O)N(N)C3=O.CCCCCC(C)N1C(=O)c2ccc3c4c(ccc(c24)C1=O)C(=O)N(N1C(=O)c2ccc4c5c(ccc(c25)C1=O)C(=O)N(C(C)C(C)C)C4=O)C3=O. The largest absolute Gasteiger partial charge is 0.386 e. The highest BCUT2D eigenvalue weighted by Crippen LogP contribution is 2.45. The third-order valence-corrected chi connectivity index (χ3v) is 21.7. The van der Waals surface area contributed by atoms with Crippen LogP contribution in [0, 0.1) is 11.8 Å². The van der Waals surface area contributed by atoms with Crippen molar-refractivity contribution in [2.45, 2.75) is 145 Å². The van der Waals surface area contributed by atoms with E-state index in [1.54, 1.807) is 19.1 Å². The molecule has 0 saturated heterocycles. The van der Waals surface area contributed by atoms with Gasteiger partial charge in [0.25, 0.3) is 82.7 Å². The fraction of sp³-hybridized carbons (Fsp3) is 0.300. The minimum atomic E-state index is -0.993. The molecule has 8 aliphatic rings. The summed E-state index contributed by atoms with van der Waals surface area (Å²) in [6, 6.07) is 22.0. The van der Waals surface area contributed by atoms with Crippen molar-refractivity contribution in [3.05, 3.63) is 186 Å². The maximum atomic E-state index is 14.3. The Balaban J connectivity index is 0.000000147. The lowest BCUT2D eigenvalue weighted by Crippen LogP contribution is -2.58. The summed E-state index contributed by atoms with van der Waals surface area (Å²) in [7, 11) is 0. The molecule has 8 heterocycles. The van der Waals surface area contributed by atoms with Crippen LogP contribution in [0.5, 0.6) is 0 Å². The maximum Gasteiger partial charge on any atom is 0.346 e. The summed E-state index contributed by atoms with van der Waals surface area (Å²) in [6.45, 7) is 19.1. The van der Waals surface area contributed by atoms with E-state index in [4.69, 9.17) is 10.6 Å². The molecule has 25 heteroatoms. The van der Waals surface area contributed by atoms with Gasteiger partial charge in [0, 0.05) is 112 Å². The van der Waals surface area contributed by atoms with Crippen molar-refractivity contribution in [1.29, 1.82) is 0 Å². The van der Waals surface area contributed by atoms with Gasteiger partial charge >= 0.3 is 11.9 Å². The van der Waals surface area contributed by atoms with Crippen LogP contribution in [-0.4, -0.2) is 153 Å². The molecule has 105 heavy (non-hydrogen) atoms. The van der Waals surface area contributed by atoms with Gasteiger partial charge in [0.15, 0.2) is 0 Å². The number of hydrogen-bond donors (Lipinski definition) is 1. The average molecular weight is 1420 g/mol. The summed E-state index contributed by atoms with van der Waals surface area (Å²) in [5.74, 6) is -4.85. The molecule has 0 bridgehead atoms. The molecule has 8 aromatic rings. The first-order chi connectivity index (χ1) is 50.0. The number of nitrogens with zero attached hydrogens (tertiary/aromatic N) is 7. The fourth-order valence-corrected chi connectivity index (χ4v) is 15.5. The second-order valence-electron chi connectivity index (χ2n) is 28.4. The summed E-state index contributed by atoms with van der Waals surface area (Å²) >= 11 is 0. The number of ether oxygens (including phenoxy) is 1. The van der Waals surface area contributed by atoms with Gasteiger partial charge in [-0.25, -0.2) is 20.4 Å². The number of carbonyl (C=O) groups excluding carboxylic acids is 16. The molecular formula is C80H70N8O17. The van der Waals surface area contributed by atoms with Crippen LogP contribution >= 0.6 is 0 Å². The van der Waals surface area contributed by atoms with Gasteiger partial charge in [0.2, 0.25) is 0 Å². The van der Waals surface area contributed by atoms with E-state index in [1.165, 1.54) is 105 Å². The van der Waals surface area contributed by atoms with Gasteiger partial charge in [-0.05, 0) is 149 Å². The second kappa shape index (κ2) is 25.7. The molecule has 4 unspecified atom stereocenters. The van der Waals surface area contributed by atoms with Crippen molar-refractivity contribution >= 4 is 138 Å². The Morgan fingerprint density at radius 3 is 0.676 bits per heavy atom. The van der Waals surface area contributed by atoms with Crippen LogP contribution < -0.4 is 5.84 Å². The van der Waals surface area contributed by atoms with Crippen LogP contribution in [0.25, 0.3) is 43.1 Å². The zero-order chi connectivity index (χ0) is 75.3. The summed E-state index contributed by atoms with van der Waals surface area (Å²) < 4.78 is 4.72. The van der Waals surface area contributed by atoms with Gasteiger partial charge in [0.05, 0.1) is 44.5 Å². The molecule has 0 radical (unpaired) electrons. The van der Waals surface area contributed by atoms with E-state index in [1.807, 2.05) is 48.5 Å². The molecule has 0 aliphatic carbocycles. The Hall–Kier alpha value is -12.1. The molecule has 532 valence electrons. The summed E-state index contributed by atoms with van der Waals surface area (Å²) in [4.78, 5) is 218. The van der Waals surface area contributed by atoms with Gasteiger partial charge < -0.3 is 4.74 Å². The Labute approximate surface area is 599 Å². The van der Waals surface area contributed by atoms with Crippen molar-refractivity contribution in [3.8, 4) is 0 Å². The number of imide groups is 7. The van der Waals surface area contributed by atoms with Crippen molar-refractivity contribution < 1.29 is 81.4 Å². The highest BCUT2D eigenvalue weighted by Gasteiger charge is 2.50. The average Bonchev–Trinajstić information content (AvgIpc) is 0.709. The molecule has 4 atom stereocenters. The van der Waals surface area contributed by atoms with Crippen molar-refractivity contribution in [3.63, 3.8) is 0 Å². The highest BCUT2D eigenvalue weighted by atomic mass is 16.6. The van der Waals surface area contributed by atoms with Crippen LogP contribution in [0.4, 0.5) is 0 Å². The predicted octanol–water partition coefficient (Wildman–Crippen LogP) is 11.7. The van der Waals surface area contributed by atoms with Crippen molar-refractivity contribution in [2.75, 3.05) is 0 Å². The minimum Gasteiger partial charge on any atom is -0.386 e. The molecule has 0 saturated carbocycles. The number of nitrogens with two attached hydrogens (primary N) is 1. The highest BCUT2D eigenvalue weighted by molar-refractivity contribution is 6.39. The predicted molar refractivity (Wildman–Crippen MR) is 379 cm³/mol. The number of esters is 2. The smallest absolute Gasteiger partial charge is 0.346 e. The normalized spacial score (nSPS) is 17.5. The second-order valence-corrected chi connectivity index (χ2v) is 28.4.